The van der Waals surface area contributed by atoms with E-state index >= 15 is 0 Å². The summed E-state index contributed by atoms with van der Waals surface area (Å²) in [5.74, 6) is 3.12. The number of hydrogen-bond acceptors (Lipinski definition) is 4. The molecule has 4 fully saturated rings. The van der Waals surface area contributed by atoms with Crippen LogP contribution >= 0.6 is 0 Å². The molecule has 0 radical (unpaired) electrons. The number of hydrogen-bond donors (Lipinski definition) is 2. The fourth-order valence-corrected chi connectivity index (χ4v) is 8.88. The van der Waals surface area contributed by atoms with Gasteiger partial charge in [-0.2, -0.15) is 0 Å². The topological polar surface area (TPSA) is 58.9 Å². The molecule has 0 aromatic heterocycles. The molecule has 156 valence electrons. The summed E-state index contributed by atoms with van der Waals surface area (Å²) in [4.78, 5) is 0. The van der Waals surface area contributed by atoms with Crippen molar-refractivity contribution in [3.8, 4) is 0 Å². The minimum absolute atomic E-state index is 0.0581. The normalized spacial score (nSPS) is 50.9. The van der Waals surface area contributed by atoms with Crippen molar-refractivity contribution in [2.24, 2.45) is 35.0 Å². The third-order valence-electron chi connectivity index (χ3n) is 10.1. The maximum Gasteiger partial charge on any atom is 0.172 e. The van der Waals surface area contributed by atoms with Crippen LogP contribution in [0.5, 0.6) is 0 Å². The molecule has 0 aromatic carbocycles. The predicted molar refractivity (Wildman–Crippen MR) is 105 cm³/mol. The number of ether oxygens (including phenoxy) is 2. The molecule has 6 rings (SSSR count). The second-order valence-electron chi connectivity index (χ2n) is 11.0. The quantitative estimate of drug-likeness (QED) is 0.722. The van der Waals surface area contributed by atoms with Gasteiger partial charge in [-0.25, -0.2) is 0 Å². The number of aliphatic hydroxyl groups excluding tert-OH is 1. The molecule has 1 saturated heterocycles. The molecule has 3 saturated carbocycles. The maximum absolute atomic E-state index is 11.8. The van der Waals surface area contributed by atoms with Crippen LogP contribution in [0.1, 0.15) is 71.1 Å². The average Bonchev–Trinajstić information content (AvgIpc) is 3.32. The molecule has 28 heavy (non-hydrogen) atoms. The Morgan fingerprint density at radius 1 is 1.07 bits per heavy atom. The van der Waals surface area contributed by atoms with Crippen LogP contribution in [0.4, 0.5) is 0 Å². The number of aliphatic hydroxyl groups is 2. The summed E-state index contributed by atoms with van der Waals surface area (Å²) < 4.78 is 12.1. The van der Waals surface area contributed by atoms with Gasteiger partial charge in [-0.1, -0.05) is 18.1 Å². The summed E-state index contributed by atoms with van der Waals surface area (Å²) in [5.41, 5.74) is 2.93. The highest BCUT2D eigenvalue weighted by molar-refractivity contribution is 5.31. The van der Waals surface area contributed by atoms with E-state index in [4.69, 9.17) is 9.47 Å². The third kappa shape index (κ3) is 2.27. The monoisotopic (exact) mass is 388 g/mol. The molecule has 6 aliphatic rings. The van der Waals surface area contributed by atoms with Crippen LogP contribution in [0.15, 0.2) is 11.1 Å². The highest BCUT2D eigenvalue weighted by Crippen LogP contribution is 2.76. The summed E-state index contributed by atoms with van der Waals surface area (Å²) in [6, 6.07) is 0. The van der Waals surface area contributed by atoms with Crippen LogP contribution in [0.3, 0.4) is 0 Å². The molecule has 0 bridgehead atoms. The molecule has 1 heterocycles. The average molecular weight is 389 g/mol. The lowest BCUT2D eigenvalue weighted by molar-refractivity contribution is -0.167. The van der Waals surface area contributed by atoms with Crippen LogP contribution < -0.4 is 0 Å². The molecule has 4 heteroatoms. The fraction of sp³-hybridized carbons (Fsp3) is 0.917. The summed E-state index contributed by atoms with van der Waals surface area (Å²) in [6.45, 7) is 4.11. The van der Waals surface area contributed by atoms with E-state index in [0.717, 1.165) is 69.5 Å². The van der Waals surface area contributed by atoms with E-state index < -0.39 is 5.60 Å². The Kier molecular flexibility index (Phi) is 3.97. The van der Waals surface area contributed by atoms with E-state index in [1.54, 1.807) is 11.1 Å². The van der Waals surface area contributed by atoms with Gasteiger partial charge in [0, 0.05) is 19.4 Å². The van der Waals surface area contributed by atoms with Crippen molar-refractivity contribution in [1.82, 2.24) is 0 Å². The van der Waals surface area contributed by atoms with Crippen molar-refractivity contribution in [2.75, 3.05) is 19.8 Å². The lowest BCUT2D eigenvalue weighted by atomic mass is 9.50. The number of allylic oxidation sites excluding steroid dienone is 1. The Labute approximate surface area is 168 Å². The zero-order valence-electron chi connectivity index (χ0n) is 17.3. The van der Waals surface area contributed by atoms with Crippen LogP contribution in [-0.2, 0) is 9.47 Å². The number of rotatable bonds is 3. The minimum atomic E-state index is -0.535. The highest BCUT2D eigenvalue weighted by Gasteiger charge is 2.75. The first kappa shape index (κ1) is 18.4. The van der Waals surface area contributed by atoms with E-state index in [1.807, 2.05) is 0 Å². The van der Waals surface area contributed by atoms with Crippen LogP contribution in [0, 0.1) is 35.0 Å². The third-order valence-corrected chi connectivity index (χ3v) is 10.1. The van der Waals surface area contributed by atoms with Crippen molar-refractivity contribution in [3.05, 3.63) is 11.1 Å². The molecule has 1 spiro atoms. The minimum Gasteiger partial charge on any atom is -0.396 e. The maximum atomic E-state index is 11.8. The van der Waals surface area contributed by atoms with Crippen LogP contribution in [0.2, 0.25) is 0 Å². The Bertz CT molecular complexity index is 695. The molecule has 0 amide bonds. The van der Waals surface area contributed by atoms with Gasteiger partial charge in [0.05, 0.1) is 18.8 Å². The first-order valence-electron chi connectivity index (χ1n) is 11.8. The Morgan fingerprint density at radius 2 is 1.89 bits per heavy atom. The van der Waals surface area contributed by atoms with Gasteiger partial charge in [-0.3, -0.25) is 0 Å². The van der Waals surface area contributed by atoms with Crippen molar-refractivity contribution in [1.29, 1.82) is 0 Å². The Hall–Kier alpha value is -0.420. The molecule has 5 aliphatic carbocycles. The molecular weight excluding hydrogens is 352 g/mol. The smallest absolute Gasteiger partial charge is 0.172 e. The molecule has 4 nitrogen and oxygen atoms in total. The van der Waals surface area contributed by atoms with E-state index in [1.165, 1.54) is 25.7 Å². The zero-order chi connectivity index (χ0) is 19.1. The molecule has 7 atom stereocenters. The largest absolute Gasteiger partial charge is 0.396 e. The summed E-state index contributed by atoms with van der Waals surface area (Å²) in [5, 5.41) is 21.2. The van der Waals surface area contributed by atoms with Crippen molar-refractivity contribution in [3.63, 3.8) is 0 Å². The van der Waals surface area contributed by atoms with E-state index in [0.29, 0.717) is 11.8 Å². The summed E-state index contributed by atoms with van der Waals surface area (Å²) >= 11 is 0. The van der Waals surface area contributed by atoms with Gasteiger partial charge in [0.25, 0.3) is 0 Å². The second kappa shape index (κ2) is 6.06. The van der Waals surface area contributed by atoms with Crippen LogP contribution in [0.25, 0.3) is 0 Å². The first-order chi connectivity index (χ1) is 13.5. The van der Waals surface area contributed by atoms with Gasteiger partial charge in [-0.05, 0) is 86.4 Å². The molecular formula is C24H36O4. The van der Waals surface area contributed by atoms with Crippen LogP contribution in [-0.4, -0.2) is 41.4 Å². The summed E-state index contributed by atoms with van der Waals surface area (Å²) in [7, 11) is 0. The molecule has 0 aromatic rings. The van der Waals surface area contributed by atoms with E-state index in [9.17, 15) is 10.2 Å². The van der Waals surface area contributed by atoms with Gasteiger partial charge >= 0.3 is 0 Å². The van der Waals surface area contributed by atoms with Gasteiger partial charge in [0.2, 0.25) is 0 Å². The molecule has 2 N–H and O–H groups in total. The first-order valence-corrected chi connectivity index (χ1v) is 11.8. The molecule has 1 aliphatic heterocycles. The zero-order valence-corrected chi connectivity index (χ0v) is 17.3. The van der Waals surface area contributed by atoms with Gasteiger partial charge in [0.1, 0.15) is 0 Å². The fourth-order valence-electron chi connectivity index (χ4n) is 8.88. The lowest BCUT2D eigenvalue weighted by Crippen LogP contribution is -2.54. The van der Waals surface area contributed by atoms with Crippen molar-refractivity contribution in [2.45, 2.75) is 82.5 Å². The Balaban J connectivity index is 1.29. The standard InChI is InChI=1S/C24H36O4/c1-22-8-5-17-16-6-9-23(27-11-12-28-23)14-15(16)3-4-18(17)21(22)19-13-20(19)24(22,26)7-2-10-25/h17-21,25-26H,2-14H2,1H3/t17-,18-,19+,20-,21-,22+,24+/m1/s1. The van der Waals surface area contributed by atoms with E-state index in [-0.39, 0.29) is 17.8 Å². The highest BCUT2D eigenvalue weighted by atomic mass is 16.7. The second-order valence-corrected chi connectivity index (χ2v) is 11.0. The van der Waals surface area contributed by atoms with Crippen molar-refractivity contribution < 1.29 is 19.7 Å². The summed E-state index contributed by atoms with van der Waals surface area (Å²) in [6.07, 6.45) is 10.8. The predicted octanol–water partition coefficient (Wildman–Crippen LogP) is 3.81. The Morgan fingerprint density at radius 3 is 2.68 bits per heavy atom. The lowest BCUT2D eigenvalue weighted by Gasteiger charge is -2.56. The van der Waals surface area contributed by atoms with E-state index in [2.05, 4.69) is 6.92 Å². The van der Waals surface area contributed by atoms with Crippen molar-refractivity contribution >= 4 is 0 Å². The van der Waals surface area contributed by atoms with Gasteiger partial charge < -0.3 is 19.7 Å². The van der Waals surface area contributed by atoms with Gasteiger partial charge in [0.15, 0.2) is 5.79 Å². The van der Waals surface area contributed by atoms with Gasteiger partial charge in [-0.15, -0.1) is 0 Å². The SMILES string of the molecule is C[C@]12CC[C@@H]3C4=C(CC[C@H]3[C@@H]1[C@H]1C[C@H]1[C@@]2(O)CCCO)CC1(CC4)OCCO1. The number of fused-ring (bicyclic) bond motifs is 6. The molecule has 0 unspecified atom stereocenters.